The van der Waals surface area contributed by atoms with E-state index < -0.39 is 18.1 Å². The van der Waals surface area contributed by atoms with Crippen LogP contribution in [-0.2, 0) is 14.4 Å². The zero-order chi connectivity index (χ0) is 21.5. The molecule has 31 heavy (non-hydrogen) atoms. The number of hydrogen-bond donors (Lipinski definition) is 0. The molecule has 2 aliphatic heterocycles. The predicted molar refractivity (Wildman–Crippen MR) is 120 cm³/mol. The maximum absolute atomic E-state index is 13.5. The standard InChI is InChI=1S/C25H23N3O3/c1-26(2)18-15-13-17(14-16-18)22-21-23(31-28(22)20-11-7-4-8-12-20)25(30)27(24(21)29)19-9-5-3-6-10-19/h3-16,21-23H,1-2H3/t21-,22+,23+/m1/s1. The Morgan fingerprint density at radius 3 is 1.90 bits per heavy atom. The van der Waals surface area contributed by atoms with E-state index in [0.717, 1.165) is 16.9 Å². The Labute approximate surface area is 181 Å². The molecule has 2 aliphatic rings. The minimum atomic E-state index is -0.855. The van der Waals surface area contributed by atoms with Gasteiger partial charge in [-0.2, -0.15) is 0 Å². The number of hydrogen-bond acceptors (Lipinski definition) is 5. The Hall–Kier alpha value is -3.64. The van der Waals surface area contributed by atoms with Gasteiger partial charge in [-0.15, -0.1) is 0 Å². The molecule has 0 radical (unpaired) electrons. The van der Waals surface area contributed by atoms with E-state index in [0.29, 0.717) is 5.69 Å². The SMILES string of the molecule is CN(C)c1ccc([C@H]2[C@H]3C(=O)N(c4ccccc4)C(=O)[C@H]3ON2c2ccccc2)cc1. The molecule has 0 aliphatic carbocycles. The van der Waals surface area contributed by atoms with Crippen molar-refractivity contribution in [2.24, 2.45) is 5.92 Å². The Kier molecular flexibility index (Phi) is 4.71. The highest BCUT2D eigenvalue weighted by Crippen LogP contribution is 2.47. The first-order valence-electron chi connectivity index (χ1n) is 10.3. The first-order chi connectivity index (χ1) is 15.1. The smallest absolute Gasteiger partial charge is 0.266 e. The van der Waals surface area contributed by atoms with Gasteiger partial charge in [0.15, 0.2) is 6.10 Å². The van der Waals surface area contributed by atoms with Gasteiger partial charge in [-0.05, 0) is 42.0 Å². The predicted octanol–water partition coefficient (Wildman–Crippen LogP) is 3.80. The van der Waals surface area contributed by atoms with Crippen molar-refractivity contribution in [3.63, 3.8) is 0 Å². The van der Waals surface area contributed by atoms with Crippen molar-refractivity contribution in [2.75, 3.05) is 29.0 Å². The molecule has 156 valence electrons. The molecule has 0 unspecified atom stereocenters. The highest BCUT2D eigenvalue weighted by molar-refractivity contribution is 6.23. The monoisotopic (exact) mass is 413 g/mol. The van der Waals surface area contributed by atoms with E-state index in [2.05, 4.69) is 0 Å². The summed E-state index contributed by atoms with van der Waals surface area (Å²) in [4.78, 5) is 36.2. The van der Waals surface area contributed by atoms with Crippen LogP contribution in [0.3, 0.4) is 0 Å². The summed E-state index contributed by atoms with van der Waals surface area (Å²) in [6.45, 7) is 0. The van der Waals surface area contributed by atoms with Crippen LogP contribution in [0.1, 0.15) is 11.6 Å². The molecule has 0 spiro atoms. The normalized spacial score (nSPS) is 22.7. The van der Waals surface area contributed by atoms with Gasteiger partial charge in [-0.3, -0.25) is 14.4 Å². The summed E-state index contributed by atoms with van der Waals surface area (Å²) >= 11 is 0. The van der Waals surface area contributed by atoms with Gasteiger partial charge in [-0.25, -0.2) is 9.96 Å². The van der Waals surface area contributed by atoms with Crippen molar-refractivity contribution in [2.45, 2.75) is 12.1 Å². The van der Waals surface area contributed by atoms with Crippen molar-refractivity contribution in [3.8, 4) is 0 Å². The number of imide groups is 1. The summed E-state index contributed by atoms with van der Waals surface area (Å²) in [6.07, 6.45) is -0.855. The number of para-hydroxylation sites is 2. The number of hydroxylamine groups is 1. The summed E-state index contributed by atoms with van der Waals surface area (Å²) in [5.41, 5.74) is 3.37. The van der Waals surface area contributed by atoms with Crippen LogP contribution in [0.25, 0.3) is 0 Å². The van der Waals surface area contributed by atoms with E-state index in [9.17, 15) is 9.59 Å². The lowest BCUT2D eigenvalue weighted by atomic mass is 9.90. The maximum Gasteiger partial charge on any atom is 0.266 e. The summed E-state index contributed by atoms with van der Waals surface area (Å²) in [7, 11) is 3.97. The molecular formula is C25H23N3O3. The number of benzene rings is 3. The van der Waals surface area contributed by atoms with E-state index in [1.165, 1.54) is 4.90 Å². The number of rotatable bonds is 4. The van der Waals surface area contributed by atoms with Crippen LogP contribution < -0.4 is 14.9 Å². The molecule has 3 aromatic rings. The Morgan fingerprint density at radius 2 is 1.32 bits per heavy atom. The van der Waals surface area contributed by atoms with Crippen molar-refractivity contribution in [1.29, 1.82) is 0 Å². The molecule has 3 aromatic carbocycles. The molecule has 0 N–H and O–H groups in total. The number of carbonyl (C=O) groups excluding carboxylic acids is 2. The van der Waals surface area contributed by atoms with Crippen molar-refractivity contribution < 1.29 is 14.4 Å². The quantitative estimate of drug-likeness (QED) is 0.609. The molecule has 2 saturated heterocycles. The van der Waals surface area contributed by atoms with Gasteiger partial charge in [0.25, 0.3) is 5.91 Å². The van der Waals surface area contributed by atoms with Crippen LogP contribution in [0.5, 0.6) is 0 Å². The zero-order valence-corrected chi connectivity index (χ0v) is 17.4. The van der Waals surface area contributed by atoms with Gasteiger partial charge >= 0.3 is 0 Å². The Bertz CT molecular complexity index is 1100. The second-order valence-corrected chi connectivity index (χ2v) is 7.99. The number of amides is 2. The lowest BCUT2D eigenvalue weighted by Gasteiger charge is -2.29. The molecular weight excluding hydrogens is 390 g/mol. The average Bonchev–Trinajstić information content (AvgIpc) is 3.31. The van der Waals surface area contributed by atoms with Gasteiger partial charge in [0.05, 0.1) is 17.4 Å². The van der Waals surface area contributed by atoms with Gasteiger partial charge < -0.3 is 4.90 Å². The van der Waals surface area contributed by atoms with E-state index in [4.69, 9.17) is 4.84 Å². The highest BCUT2D eigenvalue weighted by Gasteiger charge is 2.60. The summed E-state index contributed by atoms with van der Waals surface area (Å²) in [5.74, 6) is -1.19. The zero-order valence-electron chi connectivity index (χ0n) is 17.4. The van der Waals surface area contributed by atoms with Crippen LogP contribution in [0.15, 0.2) is 84.9 Å². The van der Waals surface area contributed by atoms with E-state index in [1.54, 1.807) is 17.2 Å². The average molecular weight is 413 g/mol. The van der Waals surface area contributed by atoms with Crippen molar-refractivity contribution in [1.82, 2.24) is 0 Å². The molecule has 6 nitrogen and oxygen atoms in total. The fourth-order valence-corrected chi connectivity index (χ4v) is 4.35. The van der Waals surface area contributed by atoms with Crippen LogP contribution in [0, 0.1) is 5.92 Å². The summed E-state index contributed by atoms with van der Waals surface area (Å²) < 4.78 is 0. The van der Waals surface area contributed by atoms with E-state index in [-0.39, 0.29) is 11.8 Å². The summed E-state index contributed by atoms with van der Waals surface area (Å²) in [5, 5.41) is 1.72. The van der Waals surface area contributed by atoms with Gasteiger partial charge in [0, 0.05) is 19.8 Å². The second kappa shape index (κ2) is 7.56. The molecule has 2 heterocycles. The van der Waals surface area contributed by atoms with Crippen LogP contribution in [0.2, 0.25) is 0 Å². The lowest BCUT2D eigenvalue weighted by molar-refractivity contribution is -0.126. The number of carbonyl (C=O) groups is 2. The minimum Gasteiger partial charge on any atom is -0.378 e. The maximum atomic E-state index is 13.5. The van der Waals surface area contributed by atoms with E-state index >= 15 is 0 Å². The molecule has 2 fully saturated rings. The number of nitrogens with zero attached hydrogens (tertiary/aromatic N) is 3. The van der Waals surface area contributed by atoms with E-state index in [1.807, 2.05) is 91.8 Å². The van der Waals surface area contributed by atoms with Crippen LogP contribution in [0.4, 0.5) is 17.1 Å². The number of anilines is 3. The Balaban J connectivity index is 1.57. The molecule has 0 bridgehead atoms. The Morgan fingerprint density at radius 1 is 0.742 bits per heavy atom. The highest BCUT2D eigenvalue weighted by atomic mass is 16.7. The molecule has 6 heteroatoms. The molecule has 5 rings (SSSR count). The largest absolute Gasteiger partial charge is 0.378 e. The third kappa shape index (κ3) is 3.16. The molecule has 0 saturated carbocycles. The lowest BCUT2D eigenvalue weighted by Crippen LogP contribution is -2.37. The van der Waals surface area contributed by atoms with Crippen molar-refractivity contribution in [3.05, 3.63) is 90.5 Å². The first-order valence-corrected chi connectivity index (χ1v) is 10.3. The first kappa shape index (κ1) is 19.3. The third-order valence-electron chi connectivity index (χ3n) is 5.89. The topological polar surface area (TPSA) is 53.1 Å². The van der Waals surface area contributed by atoms with Crippen LogP contribution in [-0.4, -0.2) is 32.0 Å². The second-order valence-electron chi connectivity index (χ2n) is 7.99. The van der Waals surface area contributed by atoms with Gasteiger partial charge in [0.1, 0.15) is 5.92 Å². The fourth-order valence-electron chi connectivity index (χ4n) is 4.35. The molecule has 3 atom stereocenters. The van der Waals surface area contributed by atoms with Crippen LogP contribution >= 0.6 is 0 Å². The van der Waals surface area contributed by atoms with Gasteiger partial charge in [0.2, 0.25) is 5.91 Å². The fraction of sp³-hybridized carbons (Fsp3) is 0.200. The third-order valence-corrected chi connectivity index (χ3v) is 5.89. The minimum absolute atomic E-state index is 0.235. The molecule has 0 aromatic heterocycles. The molecule has 2 amide bonds. The summed E-state index contributed by atoms with van der Waals surface area (Å²) in [6, 6.07) is 26.3. The van der Waals surface area contributed by atoms with Gasteiger partial charge in [-0.1, -0.05) is 48.5 Å². The number of fused-ring (bicyclic) bond motifs is 1. The van der Waals surface area contributed by atoms with Crippen molar-refractivity contribution >= 4 is 28.9 Å².